The molecule has 0 atom stereocenters. The monoisotopic (exact) mass is 143 g/mol. The molecule has 0 aromatic rings. The van der Waals surface area contributed by atoms with Crippen LogP contribution in [0.15, 0.2) is 11.6 Å². The van der Waals surface area contributed by atoms with Gasteiger partial charge in [-0.2, -0.15) is 0 Å². The summed E-state index contributed by atoms with van der Waals surface area (Å²) in [5.41, 5.74) is 5.87. The molecular weight excluding hydrogens is 130 g/mol. The summed E-state index contributed by atoms with van der Waals surface area (Å²) in [5, 5.41) is 17.9. The number of nitrogens with two attached hydrogens (primary N) is 1. The molecule has 0 bridgehead atoms. The van der Waals surface area contributed by atoms with Crippen LogP contribution in [0.4, 0.5) is 0 Å². The van der Waals surface area contributed by atoms with Gasteiger partial charge in [0.1, 0.15) is 0 Å². The van der Waals surface area contributed by atoms with Crippen molar-refractivity contribution in [2.24, 2.45) is 5.73 Å². The van der Waals surface area contributed by atoms with Crippen molar-refractivity contribution >= 4 is 5.96 Å². The third-order valence-electron chi connectivity index (χ3n) is 0.992. The van der Waals surface area contributed by atoms with Crippen LogP contribution in [0.5, 0.6) is 0 Å². The largest absolute Gasteiger partial charge is 0.392 e. The maximum atomic E-state index is 8.52. The third-order valence-corrected chi connectivity index (χ3v) is 0.992. The van der Waals surface area contributed by atoms with Crippen LogP contribution in [0.1, 0.15) is 6.92 Å². The topological polar surface area (TPSA) is 82.1 Å². The average Bonchev–Trinajstić information content (AvgIpc) is 1.87. The van der Waals surface area contributed by atoms with Crippen LogP contribution in [-0.4, -0.2) is 24.2 Å². The second-order valence-corrected chi connectivity index (χ2v) is 2.00. The summed E-state index contributed by atoms with van der Waals surface area (Å²) in [4.78, 5) is 0. The Balaban J connectivity index is 3.43. The number of hydrogen-bond donors (Lipinski definition) is 4. The van der Waals surface area contributed by atoms with Crippen molar-refractivity contribution in [1.29, 1.82) is 5.41 Å². The highest BCUT2D eigenvalue weighted by molar-refractivity contribution is 5.74. The fourth-order valence-electron chi connectivity index (χ4n) is 0.400. The van der Waals surface area contributed by atoms with E-state index in [1.165, 1.54) is 0 Å². The maximum absolute atomic E-state index is 8.52. The van der Waals surface area contributed by atoms with E-state index in [9.17, 15) is 0 Å². The first-order valence-corrected chi connectivity index (χ1v) is 3.01. The molecule has 0 unspecified atom stereocenters. The lowest BCUT2D eigenvalue weighted by Gasteiger charge is -1.98. The summed E-state index contributed by atoms with van der Waals surface area (Å²) in [5.74, 6) is -0.0537. The van der Waals surface area contributed by atoms with Crippen molar-refractivity contribution in [3.05, 3.63) is 11.6 Å². The summed E-state index contributed by atoms with van der Waals surface area (Å²) in [6.45, 7) is 2.36. The van der Waals surface area contributed by atoms with Gasteiger partial charge in [0.2, 0.25) is 0 Å². The SMILES string of the molecule is C/C(=C\CNC(=N)N)CO. The van der Waals surface area contributed by atoms with Gasteiger partial charge in [-0.3, -0.25) is 5.41 Å². The first kappa shape index (κ1) is 8.97. The highest BCUT2D eigenvalue weighted by atomic mass is 16.3. The molecule has 0 saturated heterocycles. The second-order valence-electron chi connectivity index (χ2n) is 2.00. The van der Waals surface area contributed by atoms with Crippen molar-refractivity contribution in [3.63, 3.8) is 0 Å². The molecular formula is C6H13N3O. The molecule has 4 heteroatoms. The van der Waals surface area contributed by atoms with E-state index in [-0.39, 0.29) is 12.6 Å². The van der Waals surface area contributed by atoms with Gasteiger partial charge in [0, 0.05) is 6.54 Å². The first-order valence-electron chi connectivity index (χ1n) is 3.01. The standard InChI is InChI=1S/C6H13N3O/c1-5(4-10)2-3-9-6(7)8/h2,10H,3-4H2,1H3,(H4,7,8,9)/b5-2+. The van der Waals surface area contributed by atoms with E-state index in [4.69, 9.17) is 16.2 Å². The fourth-order valence-corrected chi connectivity index (χ4v) is 0.400. The minimum Gasteiger partial charge on any atom is -0.392 e. The highest BCUT2D eigenvalue weighted by Crippen LogP contribution is 1.85. The van der Waals surface area contributed by atoms with E-state index in [0.717, 1.165) is 5.57 Å². The average molecular weight is 143 g/mol. The minimum atomic E-state index is -0.0537. The van der Waals surface area contributed by atoms with Crippen molar-refractivity contribution in [3.8, 4) is 0 Å². The molecule has 5 N–H and O–H groups in total. The Hall–Kier alpha value is -1.03. The Kier molecular flexibility index (Phi) is 4.32. The normalized spacial score (nSPS) is 11.2. The van der Waals surface area contributed by atoms with Crippen molar-refractivity contribution in [2.45, 2.75) is 6.92 Å². The van der Waals surface area contributed by atoms with E-state index < -0.39 is 0 Å². The molecule has 4 nitrogen and oxygen atoms in total. The van der Waals surface area contributed by atoms with Crippen LogP contribution >= 0.6 is 0 Å². The van der Waals surface area contributed by atoms with Crippen molar-refractivity contribution in [2.75, 3.05) is 13.2 Å². The van der Waals surface area contributed by atoms with Gasteiger partial charge in [-0.1, -0.05) is 11.6 Å². The molecule has 0 rings (SSSR count). The molecule has 10 heavy (non-hydrogen) atoms. The smallest absolute Gasteiger partial charge is 0.185 e. The fraction of sp³-hybridized carbons (Fsp3) is 0.500. The van der Waals surface area contributed by atoms with E-state index in [1.54, 1.807) is 6.08 Å². The molecule has 0 heterocycles. The number of aliphatic hydroxyl groups is 1. The molecule has 0 spiro atoms. The lowest BCUT2D eigenvalue weighted by atomic mass is 10.3. The highest BCUT2D eigenvalue weighted by Gasteiger charge is 1.84. The number of nitrogens with one attached hydrogen (secondary N) is 2. The summed E-state index contributed by atoms with van der Waals surface area (Å²) >= 11 is 0. The van der Waals surface area contributed by atoms with Gasteiger partial charge in [-0.25, -0.2) is 0 Å². The Morgan fingerprint density at radius 3 is 2.80 bits per heavy atom. The second kappa shape index (κ2) is 4.81. The number of hydrogen-bond acceptors (Lipinski definition) is 2. The molecule has 0 saturated carbocycles. The summed E-state index contributed by atoms with van der Waals surface area (Å²) in [7, 11) is 0. The zero-order valence-corrected chi connectivity index (χ0v) is 6.02. The Morgan fingerprint density at radius 1 is 1.80 bits per heavy atom. The lowest BCUT2D eigenvalue weighted by Crippen LogP contribution is -2.30. The van der Waals surface area contributed by atoms with Gasteiger partial charge in [-0.05, 0) is 6.92 Å². The van der Waals surface area contributed by atoms with Gasteiger partial charge >= 0.3 is 0 Å². The first-order chi connectivity index (χ1) is 4.66. The van der Waals surface area contributed by atoms with E-state index >= 15 is 0 Å². The van der Waals surface area contributed by atoms with E-state index in [0.29, 0.717) is 6.54 Å². The van der Waals surface area contributed by atoms with Gasteiger partial charge < -0.3 is 16.2 Å². The number of guanidine groups is 1. The summed E-state index contributed by atoms with van der Waals surface area (Å²) in [6, 6.07) is 0. The van der Waals surface area contributed by atoms with Crippen LogP contribution in [0.3, 0.4) is 0 Å². The molecule has 0 aromatic heterocycles. The molecule has 0 aliphatic rings. The quantitative estimate of drug-likeness (QED) is 0.242. The van der Waals surface area contributed by atoms with Crippen molar-refractivity contribution in [1.82, 2.24) is 5.32 Å². The minimum absolute atomic E-state index is 0.0537. The molecule has 0 aromatic carbocycles. The van der Waals surface area contributed by atoms with Crippen LogP contribution in [0, 0.1) is 5.41 Å². The Morgan fingerprint density at radius 2 is 2.40 bits per heavy atom. The van der Waals surface area contributed by atoms with Crippen LogP contribution in [0.25, 0.3) is 0 Å². The van der Waals surface area contributed by atoms with E-state index in [1.807, 2.05) is 6.92 Å². The summed E-state index contributed by atoms with van der Waals surface area (Å²) in [6.07, 6.45) is 1.78. The molecule has 0 aliphatic heterocycles. The zero-order chi connectivity index (χ0) is 7.98. The van der Waals surface area contributed by atoms with Gasteiger partial charge in [0.15, 0.2) is 5.96 Å². The Labute approximate surface area is 60.2 Å². The molecule has 0 aliphatic carbocycles. The van der Waals surface area contributed by atoms with Crippen LogP contribution in [-0.2, 0) is 0 Å². The molecule has 0 radical (unpaired) electrons. The maximum Gasteiger partial charge on any atom is 0.185 e. The molecule has 58 valence electrons. The van der Waals surface area contributed by atoms with Gasteiger partial charge in [0.25, 0.3) is 0 Å². The predicted octanol–water partition coefficient (Wildman–Crippen LogP) is -0.592. The summed E-state index contributed by atoms with van der Waals surface area (Å²) < 4.78 is 0. The number of aliphatic hydroxyl groups excluding tert-OH is 1. The van der Waals surface area contributed by atoms with Gasteiger partial charge in [0.05, 0.1) is 6.61 Å². The Bertz CT molecular complexity index is 142. The zero-order valence-electron chi connectivity index (χ0n) is 6.02. The predicted molar refractivity (Wildman–Crippen MR) is 40.8 cm³/mol. The third kappa shape index (κ3) is 5.11. The number of rotatable bonds is 3. The lowest BCUT2D eigenvalue weighted by molar-refractivity contribution is 0.331. The van der Waals surface area contributed by atoms with E-state index in [2.05, 4.69) is 5.32 Å². The molecule has 0 fully saturated rings. The van der Waals surface area contributed by atoms with Crippen LogP contribution < -0.4 is 11.1 Å². The molecule has 0 amide bonds. The van der Waals surface area contributed by atoms with Crippen molar-refractivity contribution < 1.29 is 5.11 Å². The van der Waals surface area contributed by atoms with Gasteiger partial charge in [-0.15, -0.1) is 0 Å². The van der Waals surface area contributed by atoms with Crippen LogP contribution in [0.2, 0.25) is 0 Å².